The Hall–Kier alpha value is -1.97. The van der Waals surface area contributed by atoms with Gasteiger partial charge in [0.05, 0.1) is 18.4 Å². The molecule has 0 aliphatic heterocycles. The Bertz CT molecular complexity index is 919. The first-order valence-corrected chi connectivity index (χ1v) is 10.6. The van der Waals surface area contributed by atoms with Gasteiger partial charge in [0.2, 0.25) is 0 Å². The Kier molecular flexibility index (Phi) is 3.58. The molecule has 5 aliphatic carbocycles. The molecule has 0 bridgehead atoms. The third kappa shape index (κ3) is 1.94. The van der Waals surface area contributed by atoms with E-state index in [4.69, 9.17) is 4.74 Å². The van der Waals surface area contributed by atoms with Crippen LogP contribution in [0.1, 0.15) is 65.2 Å². The molecule has 0 N–H and O–H groups in total. The fraction of sp³-hybridized carbons (Fsp3) is 0.625. The number of ether oxygens (including phenoxy) is 1. The third-order valence-corrected chi connectivity index (χ3v) is 8.83. The molecule has 3 unspecified atom stereocenters. The van der Waals surface area contributed by atoms with Crippen molar-refractivity contribution in [2.75, 3.05) is 7.11 Å². The number of Topliss-reactive ketones (excluding diaryl/α,β-unsaturated/α-hetero) is 1. The molecule has 4 heteroatoms. The van der Waals surface area contributed by atoms with Crippen molar-refractivity contribution in [2.45, 2.75) is 65.2 Å². The summed E-state index contributed by atoms with van der Waals surface area (Å²) in [4.78, 5) is 38.2. The lowest BCUT2D eigenvalue weighted by Crippen LogP contribution is -2.46. The van der Waals surface area contributed by atoms with Crippen molar-refractivity contribution in [3.63, 3.8) is 0 Å². The molecule has 0 heterocycles. The highest BCUT2D eigenvalue weighted by Gasteiger charge is 2.65. The fourth-order valence-corrected chi connectivity index (χ4v) is 7.16. The monoisotopic (exact) mass is 380 g/mol. The number of carbonyl (C=O) groups is 3. The van der Waals surface area contributed by atoms with E-state index >= 15 is 0 Å². The summed E-state index contributed by atoms with van der Waals surface area (Å²) in [7, 11) is 1.43. The lowest BCUT2D eigenvalue weighted by Gasteiger charge is -2.52. The van der Waals surface area contributed by atoms with Crippen molar-refractivity contribution in [1.82, 2.24) is 0 Å². The first-order chi connectivity index (χ1) is 13.3. The van der Waals surface area contributed by atoms with Crippen LogP contribution in [0.15, 0.2) is 34.4 Å². The van der Waals surface area contributed by atoms with E-state index in [1.165, 1.54) is 12.7 Å². The summed E-state index contributed by atoms with van der Waals surface area (Å²) in [6.45, 7) is 4.49. The maximum atomic E-state index is 13.2. The van der Waals surface area contributed by atoms with Crippen LogP contribution < -0.4 is 0 Å². The number of hydrogen-bond acceptors (Lipinski definition) is 4. The van der Waals surface area contributed by atoms with E-state index in [0.29, 0.717) is 25.0 Å². The zero-order valence-corrected chi connectivity index (χ0v) is 17.0. The maximum Gasteiger partial charge on any atom is 0.313 e. The lowest BCUT2D eigenvalue weighted by molar-refractivity contribution is -0.144. The largest absolute Gasteiger partial charge is 0.469 e. The maximum absolute atomic E-state index is 13.2. The van der Waals surface area contributed by atoms with Crippen LogP contribution in [0.4, 0.5) is 0 Å². The molecule has 0 amide bonds. The summed E-state index contributed by atoms with van der Waals surface area (Å²) in [5.74, 6) is -0.125. The van der Waals surface area contributed by atoms with Crippen molar-refractivity contribution in [2.24, 2.45) is 22.2 Å². The van der Waals surface area contributed by atoms with Crippen molar-refractivity contribution in [3.05, 3.63) is 34.4 Å². The van der Waals surface area contributed by atoms with Crippen molar-refractivity contribution < 1.29 is 19.1 Å². The molecule has 5 rings (SSSR count). The molecule has 1 saturated carbocycles. The van der Waals surface area contributed by atoms with E-state index < -0.39 is 11.3 Å². The minimum absolute atomic E-state index is 0.0157. The quantitative estimate of drug-likeness (QED) is 0.638. The summed E-state index contributed by atoms with van der Waals surface area (Å²) in [6, 6.07) is 0. The number of carbonyl (C=O) groups excluding carboxylic acids is 3. The van der Waals surface area contributed by atoms with E-state index in [2.05, 4.69) is 19.9 Å². The van der Waals surface area contributed by atoms with Crippen LogP contribution in [0.25, 0.3) is 0 Å². The topological polar surface area (TPSA) is 60.4 Å². The van der Waals surface area contributed by atoms with Gasteiger partial charge in [-0.25, -0.2) is 0 Å². The molecule has 1 spiro atoms. The zero-order chi connectivity index (χ0) is 19.9. The van der Waals surface area contributed by atoms with E-state index in [1.807, 2.05) is 0 Å². The molecule has 148 valence electrons. The average Bonchev–Trinajstić information content (AvgIpc) is 3.11. The molecule has 4 nitrogen and oxygen atoms in total. The highest BCUT2D eigenvalue weighted by atomic mass is 16.5. The number of allylic oxidation sites excluding steroid dienone is 5. The summed E-state index contributed by atoms with van der Waals surface area (Å²) < 4.78 is 5.19. The van der Waals surface area contributed by atoms with E-state index in [0.717, 1.165) is 48.8 Å². The second-order valence-electron chi connectivity index (χ2n) is 9.85. The first kappa shape index (κ1) is 18.1. The van der Waals surface area contributed by atoms with Crippen LogP contribution in [0.2, 0.25) is 0 Å². The number of ketones is 2. The van der Waals surface area contributed by atoms with E-state index in [9.17, 15) is 14.4 Å². The number of esters is 1. The molecular formula is C24H28O4. The van der Waals surface area contributed by atoms with Crippen LogP contribution in [-0.4, -0.2) is 24.6 Å². The number of methoxy groups -OCH3 is 1. The molecular weight excluding hydrogens is 352 g/mol. The summed E-state index contributed by atoms with van der Waals surface area (Å²) in [5.41, 5.74) is 3.98. The molecule has 0 radical (unpaired) electrons. The van der Waals surface area contributed by atoms with Gasteiger partial charge in [0, 0.05) is 18.3 Å². The Balaban J connectivity index is 1.74. The normalized spacial score (nSPS) is 41.6. The van der Waals surface area contributed by atoms with Gasteiger partial charge in [0.25, 0.3) is 0 Å². The number of fused-ring (bicyclic) bond motifs is 3. The fourth-order valence-electron chi connectivity index (χ4n) is 7.16. The standard InChI is InChI=1S/C24H28O4/c1-22-8-5-18-20-16(21(27)28-3)13-14-12-15(25)4-10-23(14,2)17(20)6-11-24(18,22)19(26)7-9-22/h5,12,16H,4,6-11,13H2,1-3H3/t16-,22?,23?,24?/m1/s1. The van der Waals surface area contributed by atoms with Crippen LogP contribution in [-0.2, 0) is 19.1 Å². The van der Waals surface area contributed by atoms with Crippen molar-refractivity contribution >= 4 is 17.5 Å². The van der Waals surface area contributed by atoms with Gasteiger partial charge in [-0.1, -0.05) is 31.1 Å². The number of rotatable bonds is 1. The third-order valence-electron chi connectivity index (χ3n) is 8.83. The molecule has 5 aliphatic rings. The highest BCUT2D eigenvalue weighted by Crippen LogP contribution is 2.70. The average molecular weight is 380 g/mol. The van der Waals surface area contributed by atoms with Crippen LogP contribution >= 0.6 is 0 Å². The van der Waals surface area contributed by atoms with Crippen molar-refractivity contribution in [3.8, 4) is 0 Å². The summed E-state index contributed by atoms with van der Waals surface area (Å²) in [5, 5.41) is 0. The molecule has 28 heavy (non-hydrogen) atoms. The second kappa shape index (κ2) is 5.55. The van der Waals surface area contributed by atoms with Gasteiger partial charge in [-0.3, -0.25) is 14.4 Å². The minimum atomic E-state index is -0.416. The van der Waals surface area contributed by atoms with Crippen LogP contribution in [0.3, 0.4) is 0 Å². The summed E-state index contributed by atoms with van der Waals surface area (Å²) >= 11 is 0. The Morgan fingerprint density at radius 3 is 2.64 bits per heavy atom. The Morgan fingerprint density at radius 2 is 1.89 bits per heavy atom. The highest BCUT2D eigenvalue weighted by molar-refractivity contribution is 5.96. The number of hydrogen-bond donors (Lipinski definition) is 0. The Labute approximate surface area is 166 Å². The van der Waals surface area contributed by atoms with Gasteiger partial charge in [0.1, 0.15) is 5.78 Å². The predicted molar refractivity (Wildman–Crippen MR) is 104 cm³/mol. The van der Waals surface area contributed by atoms with Gasteiger partial charge >= 0.3 is 5.97 Å². The predicted octanol–water partition coefficient (Wildman–Crippen LogP) is 4.25. The first-order valence-electron chi connectivity index (χ1n) is 10.6. The summed E-state index contributed by atoms with van der Waals surface area (Å²) in [6.07, 6.45) is 10.1. The van der Waals surface area contributed by atoms with Gasteiger partial charge in [-0.05, 0) is 61.2 Å². The van der Waals surface area contributed by atoms with Gasteiger partial charge < -0.3 is 4.74 Å². The molecule has 0 saturated heterocycles. The lowest BCUT2D eigenvalue weighted by atomic mass is 9.50. The molecule has 0 aromatic carbocycles. The van der Waals surface area contributed by atoms with Crippen molar-refractivity contribution in [1.29, 1.82) is 0 Å². The zero-order valence-electron chi connectivity index (χ0n) is 17.0. The SMILES string of the molecule is COC(=O)[C@@H]1CC2=CC(=O)CCC2(C)C2=C1C1=CCC3(C)CCC(=O)C13CC2. The van der Waals surface area contributed by atoms with Crippen LogP contribution in [0.5, 0.6) is 0 Å². The van der Waals surface area contributed by atoms with Gasteiger partial charge in [0.15, 0.2) is 5.78 Å². The molecule has 4 atom stereocenters. The molecule has 0 aromatic heterocycles. The minimum Gasteiger partial charge on any atom is -0.469 e. The second-order valence-corrected chi connectivity index (χ2v) is 9.85. The molecule has 1 fully saturated rings. The Morgan fingerprint density at radius 1 is 1.11 bits per heavy atom. The van der Waals surface area contributed by atoms with E-state index in [1.54, 1.807) is 6.08 Å². The van der Waals surface area contributed by atoms with Gasteiger partial charge in [-0.15, -0.1) is 0 Å². The van der Waals surface area contributed by atoms with Gasteiger partial charge in [-0.2, -0.15) is 0 Å². The molecule has 0 aromatic rings. The van der Waals surface area contributed by atoms with E-state index in [-0.39, 0.29) is 22.6 Å². The smallest absolute Gasteiger partial charge is 0.313 e. The van der Waals surface area contributed by atoms with Crippen LogP contribution in [0, 0.1) is 22.2 Å².